The third kappa shape index (κ3) is 1.97. The van der Waals surface area contributed by atoms with Gasteiger partial charge in [0.1, 0.15) is 5.82 Å². The van der Waals surface area contributed by atoms with E-state index in [1.807, 2.05) is 44.2 Å². The number of hydrogen-bond acceptors (Lipinski definition) is 3. The number of nitrogens with one attached hydrogen (secondary N) is 1. The van der Waals surface area contributed by atoms with Gasteiger partial charge >= 0.3 is 0 Å². The van der Waals surface area contributed by atoms with E-state index in [-0.39, 0.29) is 12.0 Å². The molecule has 0 fully saturated rings. The highest BCUT2D eigenvalue weighted by atomic mass is 16.3. The SMILES string of the molecule is CC(C)(CO)c1nc(-c2ccccc2)n[nH]1. The van der Waals surface area contributed by atoms with Gasteiger partial charge in [0, 0.05) is 11.0 Å². The minimum atomic E-state index is -0.389. The Labute approximate surface area is 94.4 Å². The lowest BCUT2D eigenvalue weighted by atomic mass is 9.94. The molecule has 0 aliphatic rings. The molecule has 0 saturated heterocycles. The second-order valence-corrected chi connectivity index (χ2v) is 4.42. The summed E-state index contributed by atoms with van der Waals surface area (Å²) in [5, 5.41) is 16.3. The van der Waals surface area contributed by atoms with Crippen LogP contribution < -0.4 is 0 Å². The monoisotopic (exact) mass is 217 g/mol. The molecule has 1 aromatic carbocycles. The number of benzene rings is 1. The van der Waals surface area contributed by atoms with Crippen LogP contribution in [0.1, 0.15) is 19.7 Å². The van der Waals surface area contributed by atoms with Crippen LogP contribution in [-0.2, 0) is 5.41 Å². The van der Waals surface area contributed by atoms with Crippen LogP contribution >= 0.6 is 0 Å². The van der Waals surface area contributed by atoms with E-state index in [1.54, 1.807) is 0 Å². The van der Waals surface area contributed by atoms with Crippen LogP contribution in [0.25, 0.3) is 11.4 Å². The molecule has 0 atom stereocenters. The van der Waals surface area contributed by atoms with Crippen LogP contribution in [0.2, 0.25) is 0 Å². The summed E-state index contributed by atoms with van der Waals surface area (Å²) in [6.07, 6.45) is 0. The summed E-state index contributed by atoms with van der Waals surface area (Å²) in [6.45, 7) is 3.88. The minimum Gasteiger partial charge on any atom is -0.395 e. The fraction of sp³-hybridized carbons (Fsp3) is 0.333. The van der Waals surface area contributed by atoms with E-state index in [9.17, 15) is 5.11 Å². The number of nitrogens with zero attached hydrogens (tertiary/aromatic N) is 2. The van der Waals surface area contributed by atoms with Gasteiger partial charge in [-0.25, -0.2) is 4.98 Å². The summed E-state index contributed by atoms with van der Waals surface area (Å²) in [5.74, 6) is 1.37. The molecule has 0 bridgehead atoms. The predicted octanol–water partition coefficient (Wildman–Crippen LogP) is 1.74. The van der Waals surface area contributed by atoms with Crippen LogP contribution in [0.3, 0.4) is 0 Å². The molecule has 84 valence electrons. The van der Waals surface area contributed by atoms with Gasteiger partial charge in [0.05, 0.1) is 6.61 Å². The first-order chi connectivity index (χ1) is 7.63. The van der Waals surface area contributed by atoms with Crippen molar-refractivity contribution in [2.45, 2.75) is 19.3 Å². The molecule has 0 unspecified atom stereocenters. The van der Waals surface area contributed by atoms with Crippen molar-refractivity contribution in [3.63, 3.8) is 0 Å². The molecule has 2 rings (SSSR count). The van der Waals surface area contributed by atoms with Gasteiger partial charge in [0.25, 0.3) is 0 Å². The Morgan fingerprint density at radius 3 is 2.56 bits per heavy atom. The van der Waals surface area contributed by atoms with Crippen molar-refractivity contribution >= 4 is 0 Å². The molecule has 0 aliphatic carbocycles. The molecule has 0 spiro atoms. The van der Waals surface area contributed by atoms with E-state index in [4.69, 9.17) is 0 Å². The van der Waals surface area contributed by atoms with Crippen molar-refractivity contribution in [1.29, 1.82) is 0 Å². The standard InChI is InChI=1S/C12H15N3O/c1-12(2,8-16)11-13-10(14-15-11)9-6-4-3-5-7-9/h3-7,16H,8H2,1-2H3,(H,13,14,15). The molecular weight excluding hydrogens is 202 g/mol. The fourth-order valence-electron chi connectivity index (χ4n) is 1.36. The Hall–Kier alpha value is -1.68. The molecule has 4 heteroatoms. The maximum Gasteiger partial charge on any atom is 0.181 e. The minimum absolute atomic E-state index is 0.0381. The molecule has 2 aromatic rings. The molecule has 0 saturated carbocycles. The lowest BCUT2D eigenvalue weighted by molar-refractivity contribution is 0.212. The molecule has 0 radical (unpaired) electrons. The molecule has 1 heterocycles. The van der Waals surface area contributed by atoms with Gasteiger partial charge in [-0.2, -0.15) is 5.10 Å². The van der Waals surface area contributed by atoms with Crippen LogP contribution in [0.5, 0.6) is 0 Å². The van der Waals surface area contributed by atoms with Crippen LogP contribution in [0.4, 0.5) is 0 Å². The van der Waals surface area contributed by atoms with E-state index in [2.05, 4.69) is 15.2 Å². The lowest BCUT2D eigenvalue weighted by Crippen LogP contribution is -2.23. The third-order valence-corrected chi connectivity index (χ3v) is 2.55. The summed E-state index contributed by atoms with van der Waals surface area (Å²) in [5.41, 5.74) is 0.582. The summed E-state index contributed by atoms with van der Waals surface area (Å²) in [7, 11) is 0. The zero-order valence-electron chi connectivity index (χ0n) is 9.44. The van der Waals surface area contributed by atoms with E-state index in [1.165, 1.54) is 0 Å². The first-order valence-corrected chi connectivity index (χ1v) is 5.22. The number of aliphatic hydroxyl groups excluding tert-OH is 1. The summed E-state index contributed by atoms with van der Waals surface area (Å²) in [4.78, 5) is 4.40. The van der Waals surface area contributed by atoms with Gasteiger partial charge < -0.3 is 5.11 Å². The lowest BCUT2D eigenvalue weighted by Gasteiger charge is -2.17. The van der Waals surface area contributed by atoms with Gasteiger partial charge in [-0.05, 0) is 0 Å². The van der Waals surface area contributed by atoms with Crippen LogP contribution in [0, 0.1) is 0 Å². The molecular formula is C12H15N3O. The number of hydrogen-bond donors (Lipinski definition) is 2. The van der Waals surface area contributed by atoms with E-state index < -0.39 is 0 Å². The smallest absolute Gasteiger partial charge is 0.181 e. The maximum atomic E-state index is 9.24. The average Bonchev–Trinajstić information content (AvgIpc) is 2.80. The van der Waals surface area contributed by atoms with Crippen molar-refractivity contribution in [3.8, 4) is 11.4 Å². The molecule has 0 amide bonds. The van der Waals surface area contributed by atoms with Crippen molar-refractivity contribution in [2.75, 3.05) is 6.61 Å². The predicted molar refractivity (Wildman–Crippen MR) is 61.9 cm³/mol. The van der Waals surface area contributed by atoms with Gasteiger partial charge in [-0.3, -0.25) is 5.10 Å². The largest absolute Gasteiger partial charge is 0.395 e. The normalized spacial score (nSPS) is 11.7. The van der Waals surface area contributed by atoms with E-state index in [0.717, 1.165) is 5.56 Å². The van der Waals surface area contributed by atoms with Crippen LogP contribution in [-0.4, -0.2) is 26.9 Å². The van der Waals surface area contributed by atoms with Gasteiger partial charge in [0.15, 0.2) is 5.82 Å². The Morgan fingerprint density at radius 1 is 1.25 bits per heavy atom. The highest BCUT2D eigenvalue weighted by molar-refractivity contribution is 5.54. The second-order valence-electron chi connectivity index (χ2n) is 4.42. The van der Waals surface area contributed by atoms with Crippen molar-refractivity contribution in [3.05, 3.63) is 36.2 Å². The maximum absolute atomic E-state index is 9.24. The Morgan fingerprint density at radius 2 is 1.94 bits per heavy atom. The van der Waals surface area contributed by atoms with Crippen LogP contribution in [0.15, 0.2) is 30.3 Å². The summed E-state index contributed by atoms with van der Waals surface area (Å²) >= 11 is 0. The number of aliphatic hydroxyl groups is 1. The van der Waals surface area contributed by atoms with E-state index >= 15 is 0 Å². The first-order valence-electron chi connectivity index (χ1n) is 5.22. The highest BCUT2D eigenvalue weighted by Crippen LogP contribution is 2.21. The topological polar surface area (TPSA) is 61.8 Å². The molecule has 0 aliphatic heterocycles. The molecule has 2 N–H and O–H groups in total. The van der Waals surface area contributed by atoms with Gasteiger partial charge in [0.2, 0.25) is 0 Å². The van der Waals surface area contributed by atoms with Gasteiger partial charge in [-0.15, -0.1) is 0 Å². The van der Waals surface area contributed by atoms with E-state index in [0.29, 0.717) is 11.6 Å². The first kappa shape index (κ1) is 10.8. The average molecular weight is 217 g/mol. The highest BCUT2D eigenvalue weighted by Gasteiger charge is 2.23. The van der Waals surface area contributed by atoms with Crippen molar-refractivity contribution < 1.29 is 5.11 Å². The number of rotatable bonds is 3. The number of aromatic nitrogens is 3. The third-order valence-electron chi connectivity index (χ3n) is 2.55. The summed E-state index contributed by atoms with van der Waals surface area (Å²) in [6, 6.07) is 9.76. The second kappa shape index (κ2) is 4.06. The zero-order valence-corrected chi connectivity index (χ0v) is 9.44. The Kier molecular flexibility index (Phi) is 2.75. The Balaban J connectivity index is 2.34. The van der Waals surface area contributed by atoms with Crippen molar-refractivity contribution in [1.82, 2.24) is 15.2 Å². The van der Waals surface area contributed by atoms with Crippen molar-refractivity contribution in [2.24, 2.45) is 0 Å². The van der Waals surface area contributed by atoms with Gasteiger partial charge in [-0.1, -0.05) is 44.2 Å². The molecule has 4 nitrogen and oxygen atoms in total. The zero-order chi connectivity index (χ0) is 11.6. The molecule has 1 aromatic heterocycles. The fourth-order valence-corrected chi connectivity index (χ4v) is 1.36. The Bertz CT molecular complexity index is 462. The molecule has 16 heavy (non-hydrogen) atoms. The summed E-state index contributed by atoms with van der Waals surface area (Å²) < 4.78 is 0. The number of aromatic amines is 1. The number of H-pyrrole nitrogens is 1. The quantitative estimate of drug-likeness (QED) is 0.823.